The van der Waals surface area contributed by atoms with E-state index in [0.29, 0.717) is 6.29 Å². The average molecular weight is 261 g/mol. The maximum atomic E-state index is 12.4. The molecule has 0 heterocycles. The third kappa shape index (κ3) is 4.08. The minimum absolute atomic E-state index is 0.125. The Hall–Kier alpha value is -2.05. The van der Waals surface area contributed by atoms with Crippen LogP contribution in [0, 0.1) is 0 Å². The van der Waals surface area contributed by atoms with Gasteiger partial charge in [-0.1, -0.05) is 18.2 Å². The molecule has 7 heteroatoms. The van der Waals surface area contributed by atoms with Gasteiger partial charge in [0.25, 0.3) is 0 Å². The average Bonchev–Trinajstić information content (AvgIpc) is 2.26. The van der Waals surface area contributed by atoms with Gasteiger partial charge in [0.1, 0.15) is 6.29 Å². The molecule has 0 radical (unpaired) electrons. The summed E-state index contributed by atoms with van der Waals surface area (Å²) in [6.07, 6.45) is -5.65. The van der Waals surface area contributed by atoms with Gasteiger partial charge in [-0.05, 0) is 18.1 Å². The van der Waals surface area contributed by atoms with Crippen molar-refractivity contribution in [1.29, 1.82) is 0 Å². The first kappa shape index (κ1) is 14.0. The maximum absolute atomic E-state index is 12.4. The molecule has 0 aromatic heterocycles. The van der Waals surface area contributed by atoms with Crippen molar-refractivity contribution < 1.29 is 27.9 Å². The van der Waals surface area contributed by atoms with Gasteiger partial charge in [-0.25, -0.2) is 4.79 Å². The predicted molar refractivity (Wildman–Crippen MR) is 56.2 cm³/mol. The van der Waals surface area contributed by atoms with Crippen LogP contribution in [0.2, 0.25) is 0 Å². The lowest BCUT2D eigenvalue weighted by Gasteiger charge is -2.12. The van der Waals surface area contributed by atoms with Crippen LogP contribution in [0.1, 0.15) is 11.1 Å². The third-order valence-electron chi connectivity index (χ3n) is 2.18. The molecule has 0 saturated carbocycles. The lowest BCUT2D eigenvalue weighted by Crippen LogP contribution is -2.36. The monoisotopic (exact) mass is 261 g/mol. The first-order valence-corrected chi connectivity index (χ1v) is 4.94. The van der Waals surface area contributed by atoms with Crippen LogP contribution >= 0.6 is 0 Å². The second kappa shape index (κ2) is 5.52. The second-order valence-electron chi connectivity index (χ2n) is 3.59. The van der Waals surface area contributed by atoms with E-state index in [-0.39, 0.29) is 12.0 Å². The summed E-state index contributed by atoms with van der Waals surface area (Å²) < 4.78 is 37.3. The summed E-state index contributed by atoms with van der Waals surface area (Å²) in [4.78, 5) is 20.9. The number of rotatable bonds is 4. The molecule has 1 aromatic rings. The number of benzene rings is 1. The smallest absolute Gasteiger partial charge is 0.416 e. The van der Waals surface area contributed by atoms with Crippen molar-refractivity contribution >= 4 is 12.4 Å². The third-order valence-corrected chi connectivity index (χ3v) is 2.18. The van der Waals surface area contributed by atoms with E-state index in [1.54, 1.807) is 0 Å². The molecule has 0 bridgehead atoms. The minimum Gasteiger partial charge on any atom is -0.465 e. The zero-order valence-corrected chi connectivity index (χ0v) is 9.07. The van der Waals surface area contributed by atoms with Gasteiger partial charge in [0.15, 0.2) is 0 Å². The number of hydrogen-bond acceptors (Lipinski definition) is 2. The van der Waals surface area contributed by atoms with Crippen LogP contribution in [0.25, 0.3) is 0 Å². The Morgan fingerprint density at radius 1 is 1.44 bits per heavy atom. The Kier molecular flexibility index (Phi) is 4.30. The standard InChI is InChI=1S/C11H10F3NO3/c12-11(13,14)8-3-1-2-7(4-8)5-9(6-16)15-10(17)18/h1-4,6,9,15H,5H2,(H,17,18). The number of amides is 1. The molecule has 0 aliphatic rings. The summed E-state index contributed by atoms with van der Waals surface area (Å²) in [5.41, 5.74) is -0.601. The van der Waals surface area contributed by atoms with Gasteiger partial charge in [-0.3, -0.25) is 0 Å². The lowest BCUT2D eigenvalue weighted by molar-refractivity contribution is -0.137. The van der Waals surface area contributed by atoms with E-state index in [2.05, 4.69) is 0 Å². The number of carboxylic acid groups (broad SMARTS) is 1. The fraction of sp³-hybridized carbons (Fsp3) is 0.273. The SMILES string of the molecule is O=CC(Cc1cccc(C(F)(F)F)c1)NC(=O)O. The molecule has 18 heavy (non-hydrogen) atoms. The largest absolute Gasteiger partial charge is 0.465 e. The first-order chi connectivity index (χ1) is 8.32. The van der Waals surface area contributed by atoms with E-state index in [0.717, 1.165) is 12.1 Å². The lowest BCUT2D eigenvalue weighted by atomic mass is 10.0. The Morgan fingerprint density at radius 3 is 2.61 bits per heavy atom. The molecular formula is C11H10F3NO3. The molecule has 1 amide bonds. The van der Waals surface area contributed by atoms with Crippen molar-refractivity contribution in [2.75, 3.05) is 0 Å². The van der Waals surface area contributed by atoms with E-state index >= 15 is 0 Å². The summed E-state index contributed by atoms with van der Waals surface area (Å²) >= 11 is 0. The Labute approximate surface area is 100 Å². The summed E-state index contributed by atoms with van der Waals surface area (Å²) in [7, 11) is 0. The molecule has 0 saturated heterocycles. The molecule has 1 unspecified atom stereocenters. The van der Waals surface area contributed by atoms with E-state index < -0.39 is 23.9 Å². The van der Waals surface area contributed by atoms with Gasteiger partial charge < -0.3 is 15.2 Å². The zero-order chi connectivity index (χ0) is 13.8. The van der Waals surface area contributed by atoms with E-state index in [1.165, 1.54) is 12.1 Å². The van der Waals surface area contributed by atoms with Gasteiger partial charge >= 0.3 is 12.3 Å². The molecular weight excluding hydrogens is 251 g/mol. The normalized spacial score (nSPS) is 12.8. The number of carbonyl (C=O) groups is 2. The van der Waals surface area contributed by atoms with Crippen molar-refractivity contribution in [3.05, 3.63) is 35.4 Å². The highest BCUT2D eigenvalue weighted by Crippen LogP contribution is 2.29. The Morgan fingerprint density at radius 2 is 2.11 bits per heavy atom. The van der Waals surface area contributed by atoms with Crippen molar-refractivity contribution in [3.8, 4) is 0 Å². The summed E-state index contributed by atoms with van der Waals surface area (Å²) in [6.45, 7) is 0. The molecule has 0 aliphatic carbocycles. The van der Waals surface area contributed by atoms with Crippen molar-refractivity contribution in [2.24, 2.45) is 0 Å². The zero-order valence-electron chi connectivity index (χ0n) is 9.07. The first-order valence-electron chi connectivity index (χ1n) is 4.94. The number of carbonyl (C=O) groups excluding carboxylic acids is 1. The fourth-order valence-corrected chi connectivity index (χ4v) is 1.42. The van der Waals surface area contributed by atoms with Crippen LogP contribution < -0.4 is 5.32 Å². The van der Waals surface area contributed by atoms with E-state index in [4.69, 9.17) is 5.11 Å². The summed E-state index contributed by atoms with van der Waals surface area (Å²) in [5, 5.41) is 10.3. The molecule has 1 rings (SSSR count). The van der Waals surface area contributed by atoms with Crippen molar-refractivity contribution in [1.82, 2.24) is 5.32 Å². The topological polar surface area (TPSA) is 66.4 Å². The molecule has 0 spiro atoms. The Bertz CT molecular complexity index is 445. The highest BCUT2D eigenvalue weighted by molar-refractivity contribution is 5.71. The van der Waals surface area contributed by atoms with Crippen LogP contribution in [0.15, 0.2) is 24.3 Å². The number of alkyl halides is 3. The van der Waals surface area contributed by atoms with E-state index in [9.17, 15) is 22.8 Å². The molecule has 0 aliphatic heterocycles. The fourth-order valence-electron chi connectivity index (χ4n) is 1.42. The quantitative estimate of drug-likeness (QED) is 0.815. The highest BCUT2D eigenvalue weighted by atomic mass is 19.4. The van der Waals surface area contributed by atoms with Gasteiger partial charge in [0, 0.05) is 0 Å². The van der Waals surface area contributed by atoms with Crippen molar-refractivity contribution in [2.45, 2.75) is 18.6 Å². The molecule has 0 fully saturated rings. The molecule has 2 N–H and O–H groups in total. The van der Waals surface area contributed by atoms with Crippen LogP contribution in [0.3, 0.4) is 0 Å². The predicted octanol–water partition coefficient (Wildman–Crippen LogP) is 2.08. The van der Waals surface area contributed by atoms with Crippen LogP contribution in [0.5, 0.6) is 0 Å². The van der Waals surface area contributed by atoms with Gasteiger partial charge in [0.2, 0.25) is 0 Å². The maximum Gasteiger partial charge on any atom is 0.416 e. The summed E-state index contributed by atoms with van der Waals surface area (Å²) in [5.74, 6) is 0. The molecule has 1 atom stereocenters. The number of aldehydes is 1. The van der Waals surface area contributed by atoms with Gasteiger partial charge in [-0.2, -0.15) is 13.2 Å². The van der Waals surface area contributed by atoms with Crippen LogP contribution in [-0.2, 0) is 17.4 Å². The number of halogens is 3. The van der Waals surface area contributed by atoms with E-state index in [1.807, 2.05) is 5.32 Å². The molecule has 4 nitrogen and oxygen atoms in total. The van der Waals surface area contributed by atoms with Crippen molar-refractivity contribution in [3.63, 3.8) is 0 Å². The van der Waals surface area contributed by atoms with Crippen LogP contribution in [0.4, 0.5) is 18.0 Å². The molecule has 1 aromatic carbocycles. The van der Waals surface area contributed by atoms with Gasteiger partial charge in [-0.15, -0.1) is 0 Å². The Balaban J connectivity index is 2.84. The van der Waals surface area contributed by atoms with Crippen LogP contribution in [-0.4, -0.2) is 23.5 Å². The highest BCUT2D eigenvalue weighted by Gasteiger charge is 2.30. The second-order valence-corrected chi connectivity index (χ2v) is 3.59. The van der Waals surface area contributed by atoms with Gasteiger partial charge in [0.05, 0.1) is 11.6 Å². The number of nitrogens with one attached hydrogen (secondary N) is 1. The molecule has 98 valence electrons. The summed E-state index contributed by atoms with van der Waals surface area (Å²) in [6, 6.07) is 3.34. The minimum atomic E-state index is -4.47. The number of hydrogen-bond donors (Lipinski definition) is 2.